The van der Waals surface area contributed by atoms with E-state index in [0.717, 1.165) is 22.5 Å². The van der Waals surface area contributed by atoms with Crippen LogP contribution < -0.4 is 15.9 Å². The fourth-order valence-corrected chi connectivity index (χ4v) is 3.25. The number of hydrogen-bond acceptors (Lipinski definition) is 5. The van der Waals surface area contributed by atoms with Crippen molar-refractivity contribution in [3.8, 4) is 11.5 Å². The average Bonchev–Trinajstić information content (AvgIpc) is 2.82. The van der Waals surface area contributed by atoms with Crippen molar-refractivity contribution in [1.29, 1.82) is 5.41 Å². The number of rotatable bonds is 5. The maximum absolute atomic E-state index is 7.51. The van der Waals surface area contributed by atoms with Crippen molar-refractivity contribution in [3.63, 3.8) is 0 Å². The summed E-state index contributed by atoms with van der Waals surface area (Å²) in [5.41, 5.74) is 6.60. The van der Waals surface area contributed by atoms with Crippen LogP contribution in [-0.4, -0.2) is 23.5 Å². The zero-order chi connectivity index (χ0) is 19.7. The van der Waals surface area contributed by atoms with Crippen molar-refractivity contribution in [2.24, 2.45) is 5.73 Å². The van der Waals surface area contributed by atoms with Gasteiger partial charge in [-0.2, -0.15) is 0 Å². The van der Waals surface area contributed by atoms with Crippen molar-refractivity contribution in [2.45, 2.75) is 44.6 Å². The maximum atomic E-state index is 7.51. The lowest BCUT2D eigenvalue weighted by Crippen LogP contribution is -2.41. The molecule has 1 aliphatic rings. The monoisotopic (exact) mass is 384 g/mol. The molecule has 7 heteroatoms. The molecule has 2 aromatic carbocycles. The first-order chi connectivity index (χ1) is 12.7. The van der Waals surface area contributed by atoms with E-state index in [4.69, 9.17) is 25.2 Å². The minimum Gasteiger partial charge on any atom is -0.457 e. The first kappa shape index (κ1) is 19.8. The van der Waals surface area contributed by atoms with Crippen molar-refractivity contribution in [3.05, 3.63) is 54.1 Å². The molecule has 1 fully saturated rings. The van der Waals surface area contributed by atoms with Gasteiger partial charge in [-0.25, -0.2) is 0 Å². The van der Waals surface area contributed by atoms with Crippen LogP contribution in [0.15, 0.2) is 48.5 Å². The Hall–Kier alpha value is -1.96. The van der Waals surface area contributed by atoms with Gasteiger partial charge in [0.2, 0.25) is 0 Å². The van der Waals surface area contributed by atoms with Crippen molar-refractivity contribution >= 4 is 29.5 Å². The van der Waals surface area contributed by atoms with Crippen LogP contribution in [0.3, 0.4) is 0 Å². The highest BCUT2D eigenvalue weighted by atomic mass is 32.2. The fourth-order valence-electron chi connectivity index (χ4n) is 2.71. The van der Waals surface area contributed by atoms with Gasteiger partial charge in [0.1, 0.15) is 11.5 Å². The van der Waals surface area contributed by atoms with Crippen molar-refractivity contribution in [2.75, 3.05) is 0 Å². The van der Waals surface area contributed by atoms with E-state index >= 15 is 0 Å². The minimum atomic E-state index is -0.443. The van der Waals surface area contributed by atoms with Gasteiger partial charge in [-0.05, 0) is 51.4 Å². The lowest BCUT2D eigenvalue weighted by atomic mass is 9.78. The predicted molar refractivity (Wildman–Crippen MR) is 112 cm³/mol. The second kappa shape index (κ2) is 7.58. The minimum absolute atomic E-state index is 0.0710. The number of amidine groups is 1. The van der Waals surface area contributed by atoms with E-state index in [1.807, 2.05) is 76.2 Å². The van der Waals surface area contributed by atoms with Crippen LogP contribution in [0.5, 0.6) is 11.5 Å². The third kappa shape index (κ3) is 4.48. The second-order valence-corrected chi connectivity index (χ2v) is 8.54. The molecule has 1 saturated heterocycles. The summed E-state index contributed by atoms with van der Waals surface area (Å²) in [7, 11) is -0.443. The van der Waals surface area contributed by atoms with E-state index in [1.165, 1.54) is 11.8 Å². The summed E-state index contributed by atoms with van der Waals surface area (Å²) < 4.78 is 18.3. The van der Waals surface area contributed by atoms with Gasteiger partial charge in [-0.3, -0.25) is 5.41 Å². The molecule has 0 bridgehead atoms. The maximum Gasteiger partial charge on any atom is 0.494 e. The fraction of sp³-hybridized carbons (Fsp3) is 0.350. The normalized spacial score (nSPS) is 17.7. The first-order valence-electron chi connectivity index (χ1n) is 8.86. The molecule has 3 N–H and O–H groups in total. The Balaban J connectivity index is 1.89. The lowest BCUT2D eigenvalue weighted by molar-refractivity contribution is 0.00578. The van der Waals surface area contributed by atoms with Gasteiger partial charge in [-0.15, -0.1) is 0 Å². The van der Waals surface area contributed by atoms with Crippen LogP contribution in [0.2, 0.25) is 0 Å². The summed E-state index contributed by atoms with van der Waals surface area (Å²) in [6.45, 7) is 8.14. The van der Waals surface area contributed by atoms with Crippen LogP contribution in [0.25, 0.3) is 0 Å². The van der Waals surface area contributed by atoms with Gasteiger partial charge in [0.25, 0.3) is 0 Å². The zero-order valence-corrected chi connectivity index (χ0v) is 16.9. The second-order valence-electron chi connectivity index (χ2n) is 7.52. The molecule has 142 valence electrons. The Kier molecular flexibility index (Phi) is 5.56. The van der Waals surface area contributed by atoms with Gasteiger partial charge < -0.3 is 19.8 Å². The molecular formula is C20H25BN2O3S. The van der Waals surface area contributed by atoms with Crippen LogP contribution in [0.1, 0.15) is 33.3 Å². The molecule has 27 heavy (non-hydrogen) atoms. The Labute approximate surface area is 165 Å². The molecule has 0 radical (unpaired) electrons. The van der Waals surface area contributed by atoms with E-state index in [9.17, 15) is 0 Å². The summed E-state index contributed by atoms with van der Waals surface area (Å²) in [4.78, 5) is 0. The Morgan fingerprint density at radius 1 is 1.07 bits per heavy atom. The highest BCUT2D eigenvalue weighted by molar-refractivity contribution is 8.13. The third-order valence-electron chi connectivity index (χ3n) is 4.96. The standard InChI is InChI=1S/C20H25BN2O3S/c1-19(2)20(3,4)26-21(25-19)15-10-11-17(14(12-15)13-27-18(22)23)24-16-8-6-5-7-9-16/h5-12H,13H2,1-4H3,(H3,22,23). The number of thioether (sulfide) groups is 1. The highest BCUT2D eigenvalue weighted by Crippen LogP contribution is 2.37. The Morgan fingerprint density at radius 2 is 1.70 bits per heavy atom. The summed E-state index contributed by atoms with van der Waals surface area (Å²) in [5.74, 6) is 2.02. The molecule has 0 amide bonds. The molecule has 0 atom stereocenters. The Bertz CT molecular complexity index is 811. The number of nitrogens with two attached hydrogens (primary N) is 1. The number of ether oxygens (including phenoxy) is 1. The summed E-state index contributed by atoms with van der Waals surface area (Å²) in [6, 6.07) is 15.5. The highest BCUT2D eigenvalue weighted by Gasteiger charge is 2.51. The van der Waals surface area contributed by atoms with Gasteiger partial charge in [0.05, 0.1) is 11.2 Å². The topological polar surface area (TPSA) is 77.6 Å². The molecule has 3 rings (SSSR count). The number of hydrogen-bond donors (Lipinski definition) is 2. The van der Waals surface area contributed by atoms with Crippen LogP contribution in [0, 0.1) is 5.41 Å². The van der Waals surface area contributed by atoms with Crippen molar-refractivity contribution in [1.82, 2.24) is 0 Å². The molecule has 0 saturated carbocycles. The molecule has 0 aromatic heterocycles. The SMILES string of the molecule is CC1(C)OB(c2ccc(Oc3ccccc3)c(CSC(=N)N)c2)OC1(C)C. The number of benzene rings is 2. The first-order valence-corrected chi connectivity index (χ1v) is 9.85. The van der Waals surface area contributed by atoms with Gasteiger partial charge in [0, 0.05) is 11.3 Å². The Morgan fingerprint density at radius 3 is 2.30 bits per heavy atom. The molecule has 1 heterocycles. The largest absolute Gasteiger partial charge is 0.494 e. The third-order valence-corrected chi connectivity index (χ3v) is 5.73. The van der Waals surface area contributed by atoms with Gasteiger partial charge in [0.15, 0.2) is 5.17 Å². The summed E-state index contributed by atoms with van der Waals surface area (Å²) in [6.07, 6.45) is 0. The van der Waals surface area contributed by atoms with Crippen LogP contribution in [-0.2, 0) is 15.1 Å². The van der Waals surface area contributed by atoms with E-state index in [2.05, 4.69) is 0 Å². The van der Waals surface area contributed by atoms with E-state index in [1.54, 1.807) is 0 Å². The predicted octanol–water partition coefficient (Wildman–Crippen LogP) is 3.90. The summed E-state index contributed by atoms with van der Waals surface area (Å²) in [5, 5.41) is 7.58. The van der Waals surface area contributed by atoms with Crippen LogP contribution in [0.4, 0.5) is 0 Å². The van der Waals surface area contributed by atoms with E-state index in [-0.39, 0.29) is 5.17 Å². The molecule has 5 nitrogen and oxygen atoms in total. The zero-order valence-electron chi connectivity index (χ0n) is 16.1. The summed E-state index contributed by atoms with van der Waals surface area (Å²) >= 11 is 1.26. The van der Waals surface area contributed by atoms with E-state index in [0.29, 0.717) is 5.75 Å². The molecule has 0 unspecified atom stereocenters. The number of nitrogens with one attached hydrogen (secondary N) is 1. The molecule has 0 spiro atoms. The molecule has 2 aromatic rings. The van der Waals surface area contributed by atoms with Crippen LogP contribution >= 0.6 is 11.8 Å². The number of para-hydroxylation sites is 1. The molecular weight excluding hydrogens is 359 g/mol. The van der Waals surface area contributed by atoms with E-state index < -0.39 is 18.3 Å². The van der Waals surface area contributed by atoms with Crippen molar-refractivity contribution < 1.29 is 14.0 Å². The smallest absolute Gasteiger partial charge is 0.457 e. The van der Waals surface area contributed by atoms with Gasteiger partial charge >= 0.3 is 7.12 Å². The van der Waals surface area contributed by atoms with Gasteiger partial charge in [-0.1, -0.05) is 42.1 Å². The quantitative estimate of drug-likeness (QED) is 0.464. The molecule has 0 aliphatic carbocycles. The lowest BCUT2D eigenvalue weighted by Gasteiger charge is -2.32. The molecule has 1 aliphatic heterocycles. The average molecular weight is 384 g/mol.